The van der Waals surface area contributed by atoms with Gasteiger partial charge < -0.3 is 5.11 Å². The highest BCUT2D eigenvalue weighted by atomic mass is 16.4. The highest BCUT2D eigenvalue weighted by Gasteiger charge is 2.37. The van der Waals surface area contributed by atoms with Crippen LogP contribution in [0.1, 0.15) is 34.1 Å². The lowest BCUT2D eigenvalue weighted by Gasteiger charge is -2.45. The van der Waals surface area contributed by atoms with Gasteiger partial charge in [0.1, 0.15) is 0 Å². The van der Waals surface area contributed by atoms with Gasteiger partial charge in [-0.1, -0.05) is 0 Å². The summed E-state index contributed by atoms with van der Waals surface area (Å²) in [6.07, 6.45) is 0.610. The molecule has 1 rings (SSSR count). The van der Waals surface area contributed by atoms with Crippen LogP contribution in [0.2, 0.25) is 0 Å². The summed E-state index contributed by atoms with van der Waals surface area (Å²) in [4.78, 5) is 15.4. The summed E-state index contributed by atoms with van der Waals surface area (Å²) >= 11 is 0. The second kappa shape index (κ2) is 4.94. The van der Waals surface area contributed by atoms with Crippen molar-refractivity contribution < 1.29 is 9.90 Å². The predicted octanol–water partition coefficient (Wildman–Crippen LogP) is 1.22. The monoisotopic (exact) mass is 214 g/mol. The Hall–Kier alpha value is -0.610. The summed E-state index contributed by atoms with van der Waals surface area (Å²) in [7, 11) is 0. The van der Waals surface area contributed by atoms with Crippen molar-refractivity contribution in [1.29, 1.82) is 0 Å². The van der Waals surface area contributed by atoms with E-state index in [4.69, 9.17) is 0 Å². The van der Waals surface area contributed by atoms with Crippen molar-refractivity contribution in [2.75, 3.05) is 13.1 Å². The molecule has 1 N–H and O–H groups in total. The van der Waals surface area contributed by atoms with Crippen molar-refractivity contribution in [2.45, 2.75) is 52.4 Å². The zero-order chi connectivity index (χ0) is 11.6. The molecule has 4 heteroatoms. The van der Waals surface area contributed by atoms with E-state index in [-0.39, 0.29) is 12.1 Å². The van der Waals surface area contributed by atoms with Gasteiger partial charge in [0.2, 0.25) is 0 Å². The first kappa shape index (κ1) is 12.5. The molecule has 0 amide bonds. The fraction of sp³-hybridized carbons (Fsp3) is 0.909. The summed E-state index contributed by atoms with van der Waals surface area (Å²) in [5, 5.41) is 9.29. The molecule has 0 radical (unpaired) electrons. The van der Waals surface area contributed by atoms with Crippen molar-refractivity contribution >= 4 is 5.97 Å². The molecule has 15 heavy (non-hydrogen) atoms. The number of hydrogen-bond donors (Lipinski definition) is 1. The third-order valence-corrected chi connectivity index (χ3v) is 3.01. The number of carboxylic acid groups (broad SMARTS) is 1. The van der Waals surface area contributed by atoms with Gasteiger partial charge in [-0.15, -0.1) is 0 Å². The average molecular weight is 214 g/mol. The molecule has 0 unspecified atom stereocenters. The molecule has 0 saturated carbocycles. The summed E-state index contributed by atoms with van der Waals surface area (Å²) in [5.41, 5.74) is 0. The van der Waals surface area contributed by atoms with Crippen LogP contribution in [0, 0.1) is 0 Å². The van der Waals surface area contributed by atoms with Crippen LogP contribution in [0.3, 0.4) is 0 Å². The van der Waals surface area contributed by atoms with Crippen LogP contribution in [0.15, 0.2) is 0 Å². The fourth-order valence-corrected chi connectivity index (χ4v) is 2.24. The van der Waals surface area contributed by atoms with E-state index in [1.54, 1.807) is 0 Å². The molecular weight excluding hydrogens is 192 g/mol. The Morgan fingerprint density at radius 1 is 1.13 bits per heavy atom. The van der Waals surface area contributed by atoms with Crippen molar-refractivity contribution in [3.05, 3.63) is 0 Å². The average Bonchev–Trinajstić information content (AvgIpc) is 2.16. The normalized spacial score (nSPS) is 21.5. The van der Waals surface area contributed by atoms with Crippen LogP contribution in [-0.4, -0.2) is 52.2 Å². The van der Waals surface area contributed by atoms with Gasteiger partial charge in [-0.2, -0.15) is 0 Å². The van der Waals surface area contributed by atoms with Crippen LogP contribution < -0.4 is 0 Å². The van der Waals surface area contributed by atoms with Crippen LogP contribution in [0.4, 0.5) is 0 Å². The Morgan fingerprint density at radius 2 is 1.53 bits per heavy atom. The number of rotatable bonds is 3. The zero-order valence-electron chi connectivity index (χ0n) is 10.1. The van der Waals surface area contributed by atoms with Gasteiger partial charge in [0, 0.05) is 25.2 Å². The van der Waals surface area contributed by atoms with Crippen molar-refractivity contribution in [2.24, 2.45) is 0 Å². The molecule has 0 atom stereocenters. The van der Waals surface area contributed by atoms with Crippen molar-refractivity contribution in [1.82, 2.24) is 9.80 Å². The molecule has 88 valence electrons. The maximum atomic E-state index is 11.3. The third-order valence-electron chi connectivity index (χ3n) is 3.01. The number of carboxylic acids is 1. The molecule has 1 fully saturated rings. The molecule has 0 aliphatic carbocycles. The van der Waals surface area contributed by atoms with Crippen LogP contribution in [-0.2, 0) is 4.79 Å². The summed E-state index contributed by atoms with van der Waals surface area (Å²) in [6, 6.07) is 0.570. The minimum Gasteiger partial charge on any atom is -0.479 e. The first-order valence-corrected chi connectivity index (χ1v) is 5.69. The lowest BCUT2D eigenvalue weighted by molar-refractivity contribution is -0.158. The van der Waals surface area contributed by atoms with Crippen LogP contribution >= 0.6 is 0 Å². The Balaban J connectivity index is 2.85. The largest absolute Gasteiger partial charge is 0.479 e. The quantitative estimate of drug-likeness (QED) is 0.767. The van der Waals surface area contributed by atoms with Gasteiger partial charge in [0.25, 0.3) is 0 Å². The fourth-order valence-electron chi connectivity index (χ4n) is 2.24. The first-order valence-electron chi connectivity index (χ1n) is 5.69. The Bertz CT molecular complexity index is 213. The highest BCUT2D eigenvalue weighted by Crippen LogP contribution is 2.19. The Kier molecular flexibility index (Phi) is 4.11. The van der Waals surface area contributed by atoms with E-state index in [0.717, 1.165) is 19.5 Å². The minimum absolute atomic E-state index is 0.285. The SMILES string of the molecule is CC(C)N1CCCN(C(C)C)C1C(=O)O. The van der Waals surface area contributed by atoms with Gasteiger partial charge in [0.05, 0.1) is 0 Å². The second-order valence-electron chi connectivity index (χ2n) is 4.73. The first-order chi connectivity index (χ1) is 6.95. The number of carbonyl (C=O) groups is 1. The summed E-state index contributed by atoms with van der Waals surface area (Å²) in [6.45, 7) is 9.99. The summed E-state index contributed by atoms with van der Waals surface area (Å²) < 4.78 is 0. The predicted molar refractivity (Wildman–Crippen MR) is 59.7 cm³/mol. The maximum absolute atomic E-state index is 11.3. The maximum Gasteiger partial charge on any atom is 0.336 e. The van der Waals surface area contributed by atoms with E-state index in [9.17, 15) is 9.90 Å². The van der Waals surface area contributed by atoms with Gasteiger partial charge in [0.15, 0.2) is 6.17 Å². The standard InChI is InChI=1S/C11H22N2O2/c1-8(2)12-6-5-7-13(9(3)4)10(12)11(14)15/h8-10H,5-7H2,1-4H3,(H,14,15). The summed E-state index contributed by atoms with van der Waals surface area (Å²) in [5.74, 6) is -0.725. The molecule has 0 aromatic carbocycles. The van der Waals surface area contributed by atoms with Crippen molar-refractivity contribution in [3.8, 4) is 0 Å². The van der Waals surface area contributed by atoms with E-state index in [1.165, 1.54) is 0 Å². The molecule has 0 bridgehead atoms. The molecule has 1 saturated heterocycles. The molecule has 4 nitrogen and oxygen atoms in total. The van der Waals surface area contributed by atoms with Gasteiger partial charge in [-0.05, 0) is 34.1 Å². The van der Waals surface area contributed by atoms with Gasteiger partial charge >= 0.3 is 5.97 Å². The van der Waals surface area contributed by atoms with Crippen molar-refractivity contribution in [3.63, 3.8) is 0 Å². The van der Waals surface area contributed by atoms with Crippen LogP contribution in [0.5, 0.6) is 0 Å². The Morgan fingerprint density at radius 3 is 1.80 bits per heavy atom. The van der Waals surface area contributed by atoms with E-state index in [2.05, 4.69) is 37.5 Å². The van der Waals surface area contributed by atoms with Gasteiger partial charge in [-0.25, -0.2) is 4.79 Å². The molecular formula is C11H22N2O2. The second-order valence-corrected chi connectivity index (χ2v) is 4.73. The lowest BCUT2D eigenvalue weighted by Crippen LogP contribution is -2.61. The third kappa shape index (κ3) is 2.69. The van der Waals surface area contributed by atoms with Crippen LogP contribution in [0.25, 0.3) is 0 Å². The minimum atomic E-state index is -0.725. The molecule has 0 aromatic heterocycles. The van der Waals surface area contributed by atoms with E-state index in [1.807, 2.05) is 0 Å². The smallest absolute Gasteiger partial charge is 0.336 e. The lowest BCUT2D eigenvalue weighted by atomic mass is 10.1. The Labute approximate surface area is 91.9 Å². The zero-order valence-corrected chi connectivity index (χ0v) is 10.1. The molecule has 0 spiro atoms. The molecule has 1 aliphatic rings. The topological polar surface area (TPSA) is 43.8 Å². The molecule has 1 aliphatic heterocycles. The van der Waals surface area contributed by atoms with Gasteiger partial charge in [-0.3, -0.25) is 9.80 Å². The highest BCUT2D eigenvalue weighted by molar-refractivity contribution is 5.73. The van der Waals surface area contributed by atoms with E-state index in [0.29, 0.717) is 0 Å². The number of hydrogen-bond acceptors (Lipinski definition) is 3. The van der Waals surface area contributed by atoms with E-state index < -0.39 is 12.1 Å². The van der Waals surface area contributed by atoms with E-state index >= 15 is 0 Å². The number of nitrogens with zero attached hydrogens (tertiary/aromatic N) is 2. The molecule has 0 aromatic rings. The number of aliphatic carboxylic acids is 1. The molecule has 1 heterocycles.